The van der Waals surface area contributed by atoms with Crippen molar-refractivity contribution in [2.75, 3.05) is 4.90 Å². The standard InChI is InChI=1S/C70H48N2/c1-4-15-49(16-5-1)57-23-14-24-58(45-57)53-29-37-62(38-30-53)71(63-39-31-54(32-40-63)59-28-27-52-21-10-11-22-56(52)46-59)64-41-33-55(34-42-64)65-25-12-13-26-68(65)72-69-43-35-60(50-17-6-2-7-18-50)47-66(69)67-48-61(36-44-70(67)72)51-19-8-3-9-20-51/h1-48H. The van der Waals surface area contributed by atoms with Crippen LogP contribution < -0.4 is 4.90 Å². The van der Waals surface area contributed by atoms with E-state index in [9.17, 15) is 0 Å². The molecular formula is C70H48N2. The fraction of sp³-hybridized carbons (Fsp3) is 0. The summed E-state index contributed by atoms with van der Waals surface area (Å²) in [6.45, 7) is 0. The van der Waals surface area contributed by atoms with Crippen molar-refractivity contribution in [3.05, 3.63) is 291 Å². The van der Waals surface area contributed by atoms with Crippen LogP contribution in [0.15, 0.2) is 291 Å². The van der Waals surface area contributed by atoms with Crippen LogP contribution in [0.1, 0.15) is 0 Å². The van der Waals surface area contributed by atoms with E-state index in [-0.39, 0.29) is 0 Å². The minimum atomic E-state index is 1.08. The number of para-hydroxylation sites is 1. The number of hydrogen-bond donors (Lipinski definition) is 0. The van der Waals surface area contributed by atoms with Gasteiger partial charge in [0.05, 0.1) is 16.7 Å². The Labute approximate surface area is 420 Å². The summed E-state index contributed by atoms with van der Waals surface area (Å²) in [4.78, 5) is 2.37. The molecule has 12 aromatic carbocycles. The fourth-order valence-corrected chi connectivity index (χ4v) is 10.5. The highest BCUT2D eigenvalue weighted by molar-refractivity contribution is 6.12. The lowest BCUT2D eigenvalue weighted by atomic mass is 9.98. The number of hydrogen-bond acceptors (Lipinski definition) is 1. The lowest BCUT2D eigenvalue weighted by Crippen LogP contribution is -2.09. The normalized spacial score (nSPS) is 11.3. The predicted octanol–water partition coefficient (Wildman–Crippen LogP) is 19.4. The summed E-state index contributed by atoms with van der Waals surface area (Å²) >= 11 is 0. The SMILES string of the molecule is c1ccc(-c2cccc(-c3ccc(N(c4ccc(-c5ccc6ccccc6c5)cc4)c4ccc(-c5ccccc5-n5c6ccc(-c7ccccc7)cc6c6cc(-c7ccccc7)ccc65)cc4)cc3)c2)cc1. The number of fused-ring (bicyclic) bond motifs is 4. The number of aromatic nitrogens is 1. The van der Waals surface area contributed by atoms with Crippen LogP contribution in [-0.2, 0) is 0 Å². The Balaban J connectivity index is 0.898. The molecule has 0 spiro atoms. The molecule has 0 aliphatic heterocycles. The Morgan fingerprint density at radius 3 is 1.10 bits per heavy atom. The molecule has 0 saturated heterocycles. The van der Waals surface area contributed by atoms with Crippen LogP contribution in [0.2, 0.25) is 0 Å². The molecule has 13 rings (SSSR count). The Kier molecular flexibility index (Phi) is 10.9. The predicted molar refractivity (Wildman–Crippen MR) is 306 cm³/mol. The summed E-state index contributed by atoms with van der Waals surface area (Å²) in [6, 6.07) is 106. The molecule has 0 bridgehead atoms. The van der Waals surface area contributed by atoms with E-state index < -0.39 is 0 Å². The van der Waals surface area contributed by atoms with Gasteiger partial charge in [-0.15, -0.1) is 0 Å². The summed E-state index contributed by atoms with van der Waals surface area (Å²) in [5.41, 5.74) is 21.0. The number of anilines is 3. The van der Waals surface area contributed by atoms with Gasteiger partial charge < -0.3 is 9.47 Å². The van der Waals surface area contributed by atoms with Crippen LogP contribution in [-0.4, -0.2) is 4.57 Å². The van der Waals surface area contributed by atoms with Crippen molar-refractivity contribution in [1.82, 2.24) is 4.57 Å². The van der Waals surface area contributed by atoms with Crippen molar-refractivity contribution in [3.8, 4) is 72.4 Å². The van der Waals surface area contributed by atoms with Gasteiger partial charge in [-0.3, -0.25) is 0 Å². The van der Waals surface area contributed by atoms with Crippen molar-refractivity contribution < 1.29 is 0 Å². The molecule has 2 heteroatoms. The zero-order valence-electron chi connectivity index (χ0n) is 39.6. The van der Waals surface area contributed by atoms with Gasteiger partial charge in [-0.05, 0) is 151 Å². The van der Waals surface area contributed by atoms with Crippen molar-refractivity contribution in [2.45, 2.75) is 0 Å². The van der Waals surface area contributed by atoms with Crippen LogP contribution in [0.4, 0.5) is 17.1 Å². The van der Waals surface area contributed by atoms with E-state index in [1.807, 2.05) is 0 Å². The van der Waals surface area contributed by atoms with Gasteiger partial charge in [0.15, 0.2) is 0 Å². The monoisotopic (exact) mass is 916 g/mol. The highest BCUT2D eigenvalue weighted by atomic mass is 15.1. The summed E-state index contributed by atoms with van der Waals surface area (Å²) < 4.78 is 2.46. The van der Waals surface area contributed by atoms with E-state index in [4.69, 9.17) is 0 Å². The third-order valence-electron chi connectivity index (χ3n) is 14.2. The lowest BCUT2D eigenvalue weighted by Gasteiger charge is -2.26. The van der Waals surface area contributed by atoms with Gasteiger partial charge in [0.25, 0.3) is 0 Å². The van der Waals surface area contributed by atoms with E-state index in [0.29, 0.717) is 0 Å². The van der Waals surface area contributed by atoms with Crippen molar-refractivity contribution in [2.24, 2.45) is 0 Å². The van der Waals surface area contributed by atoms with Gasteiger partial charge in [0.1, 0.15) is 0 Å². The van der Waals surface area contributed by atoms with Crippen molar-refractivity contribution in [1.29, 1.82) is 0 Å². The third kappa shape index (κ3) is 8.01. The maximum absolute atomic E-state index is 2.46. The smallest absolute Gasteiger partial charge is 0.0541 e. The molecule has 0 aliphatic carbocycles. The van der Waals surface area contributed by atoms with Crippen LogP contribution in [0, 0.1) is 0 Å². The Morgan fingerprint density at radius 1 is 0.222 bits per heavy atom. The largest absolute Gasteiger partial charge is 0.311 e. The minimum Gasteiger partial charge on any atom is -0.311 e. The molecule has 13 aromatic rings. The first kappa shape index (κ1) is 42.6. The maximum Gasteiger partial charge on any atom is 0.0541 e. The molecule has 72 heavy (non-hydrogen) atoms. The zero-order chi connectivity index (χ0) is 47.8. The van der Waals surface area contributed by atoms with Crippen LogP contribution in [0.25, 0.3) is 105 Å². The molecule has 0 N–H and O–H groups in total. The highest BCUT2D eigenvalue weighted by Gasteiger charge is 2.19. The average molecular weight is 917 g/mol. The summed E-state index contributed by atoms with van der Waals surface area (Å²) in [5.74, 6) is 0. The Morgan fingerprint density at radius 2 is 0.583 bits per heavy atom. The van der Waals surface area contributed by atoms with Gasteiger partial charge in [0.2, 0.25) is 0 Å². The van der Waals surface area contributed by atoms with Crippen molar-refractivity contribution in [3.63, 3.8) is 0 Å². The molecule has 0 fully saturated rings. The van der Waals surface area contributed by atoms with Crippen LogP contribution >= 0.6 is 0 Å². The molecule has 338 valence electrons. The molecule has 0 saturated carbocycles. The highest BCUT2D eigenvalue weighted by Crippen LogP contribution is 2.42. The molecule has 1 aromatic heterocycles. The number of benzene rings is 12. The first-order chi connectivity index (χ1) is 35.7. The van der Waals surface area contributed by atoms with Crippen LogP contribution in [0.5, 0.6) is 0 Å². The van der Waals surface area contributed by atoms with Gasteiger partial charge in [0, 0.05) is 33.4 Å². The fourth-order valence-electron chi connectivity index (χ4n) is 10.5. The van der Waals surface area contributed by atoms with E-state index in [1.54, 1.807) is 0 Å². The minimum absolute atomic E-state index is 1.08. The van der Waals surface area contributed by atoms with E-state index in [0.717, 1.165) is 33.9 Å². The second-order valence-electron chi connectivity index (χ2n) is 18.5. The molecule has 0 unspecified atom stereocenters. The second kappa shape index (κ2) is 18.4. The molecule has 0 aliphatic rings. The average Bonchev–Trinajstić information content (AvgIpc) is 3.79. The van der Waals surface area contributed by atoms with Crippen molar-refractivity contribution >= 4 is 49.6 Å². The first-order valence-corrected chi connectivity index (χ1v) is 24.7. The molecule has 0 amide bonds. The van der Waals surface area contributed by atoms with E-state index in [1.165, 1.54) is 88.2 Å². The van der Waals surface area contributed by atoms with E-state index >= 15 is 0 Å². The van der Waals surface area contributed by atoms with Gasteiger partial charge in [-0.1, -0.05) is 212 Å². The summed E-state index contributed by atoms with van der Waals surface area (Å²) in [7, 11) is 0. The maximum atomic E-state index is 2.46. The molecule has 2 nitrogen and oxygen atoms in total. The zero-order valence-corrected chi connectivity index (χ0v) is 39.6. The van der Waals surface area contributed by atoms with Gasteiger partial charge in [-0.2, -0.15) is 0 Å². The molecule has 0 atom stereocenters. The number of rotatable bonds is 10. The molecular weight excluding hydrogens is 869 g/mol. The van der Waals surface area contributed by atoms with Gasteiger partial charge >= 0.3 is 0 Å². The first-order valence-electron chi connectivity index (χ1n) is 24.7. The quantitative estimate of drug-likeness (QED) is 0.133. The topological polar surface area (TPSA) is 8.17 Å². The third-order valence-corrected chi connectivity index (χ3v) is 14.2. The summed E-state index contributed by atoms with van der Waals surface area (Å²) in [6.07, 6.45) is 0. The lowest BCUT2D eigenvalue weighted by molar-refractivity contribution is 1.18. The Bertz CT molecular complexity index is 3950. The number of nitrogens with zero attached hydrogens (tertiary/aromatic N) is 2. The Hall–Kier alpha value is -9.50. The van der Waals surface area contributed by atoms with E-state index in [2.05, 4.69) is 301 Å². The second-order valence-corrected chi connectivity index (χ2v) is 18.5. The van der Waals surface area contributed by atoms with Gasteiger partial charge in [-0.25, -0.2) is 0 Å². The van der Waals surface area contributed by atoms with Crippen LogP contribution in [0.3, 0.4) is 0 Å². The summed E-state index contributed by atoms with van der Waals surface area (Å²) in [5, 5.41) is 4.94. The molecule has 0 radical (unpaired) electrons. The molecule has 1 heterocycles.